The number of benzene rings is 1. The van der Waals surface area contributed by atoms with Gasteiger partial charge in [-0.25, -0.2) is 9.59 Å². The summed E-state index contributed by atoms with van der Waals surface area (Å²) in [6.45, 7) is -0.0340. The van der Waals surface area contributed by atoms with Crippen molar-refractivity contribution in [3.8, 4) is 5.75 Å². The molecule has 0 spiro atoms. The third-order valence-corrected chi connectivity index (χ3v) is 4.28. The Hall–Kier alpha value is -2.93. The van der Waals surface area contributed by atoms with Crippen LogP contribution in [0.3, 0.4) is 0 Å². The van der Waals surface area contributed by atoms with Crippen LogP contribution in [0.15, 0.2) is 17.7 Å². The van der Waals surface area contributed by atoms with E-state index < -0.39 is 48.0 Å². The van der Waals surface area contributed by atoms with Gasteiger partial charge in [0.2, 0.25) is 12.9 Å². The van der Waals surface area contributed by atoms with E-state index in [2.05, 4.69) is 19.0 Å². The molecule has 0 radical (unpaired) electrons. The number of hydrogen-bond donors (Lipinski definition) is 0. The molecule has 0 saturated heterocycles. The fourth-order valence-corrected chi connectivity index (χ4v) is 2.96. The number of halogens is 5. The number of esters is 1. The predicted molar refractivity (Wildman–Crippen MR) is 100 cm³/mol. The van der Waals surface area contributed by atoms with E-state index in [4.69, 9.17) is 27.9 Å². The molecule has 2 atom stereocenters. The molecule has 0 amide bonds. The van der Waals surface area contributed by atoms with Crippen LogP contribution in [-0.2, 0) is 23.8 Å². The molecule has 2 rings (SSSR count). The Morgan fingerprint density at radius 3 is 2.56 bits per heavy atom. The number of fused-ring (bicyclic) bond motifs is 1. The van der Waals surface area contributed by atoms with E-state index in [-0.39, 0.29) is 34.4 Å². The Bertz CT molecular complexity index is 923. The molecule has 0 aromatic heterocycles. The van der Waals surface area contributed by atoms with E-state index in [0.29, 0.717) is 0 Å². The number of alkyl halides is 3. The Morgan fingerprint density at radius 1 is 1.25 bits per heavy atom. The minimum atomic E-state index is -4.99. The van der Waals surface area contributed by atoms with Gasteiger partial charge in [-0.05, 0) is 25.1 Å². The van der Waals surface area contributed by atoms with Crippen LogP contribution in [-0.4, -0.2) is 49.0 Å². The van der Waals surface area contributed by atoms with Gasteiger partial charge in [-0.3, -0.25) is 0 Å². The Balaban J connectivity index is 1.96. The molecule has 0 N–H and O–H groups in total. The molecule has 32 heavy (non-hydrogen) atoms. The van der Waals surface area contributed by atoms with Crippen molar-refractivity contribution in [2.75, 3.05) is 13.4 Å². The van der Waals surface area contributed by atoms with Crippen LogP contribution in [0.1, 0.15) is 18.9 Å². The highest BCUT2D eigenvalue weighted by atomic mass is 35.5. The summed E-state index contributed by atoms with van der Waals surface area (Å²) in [5.74, 6) is -1.79. The Morgan fingerprint density at radius 2 is 1.94 bits per heavy atom. The standard InChI is InChI=1S/C17H14Cl2F3NO9/c1-8(32-23(26)27)2-3-28-16(25)30-7-29-15(24)11-5-9-4-10(18)6-12(19)13(9)31-14(11)17(20,21)22/h4-6,8,14H,2-3,7H2,1H3/t8?,14-/m0/s1. The molecule has 1 heterocycles. The lowest BCUT2D eigenvalue weighted by molar-refractivity contribution is -0.767. The first-order valence-electron chi connectivity index (χ1n) is 8.60. The van der Waals surface area contributed by atoms with Gasteiger partial charge in [-0.15, -0.1) is 10.1 Å². The highest BCUT2D eigenvalue weighted by Crippen LogP contribution is 2.42. The molecule has 0 fully saturated rings. The normalized spacial score (nSPS) is 16.1. The maximum absolute atomic E-state index is 13.4. The monoisotopic (exact) mass is 503 g/mol. The van der Waals surface area contributed by atoms with E-state index in [1.807, 2.05) is 0 Å². The molecule has 1 unspecified atom stereocenters. The lowest BCUT2D eigenvalue weighted by Crippen LogP contribution is -2.41. The van der Waals surface area contributed by atoms with Crippen molar-refractivity contribution in [2.24, 2.45) is 0 Å². The van der Waals surface area contributed by atoms with Crippen molar-refractivity contribution in [3.05, 3.63) is 43.4 Å². The summed E-state index contributed by atoms with van der Waals surface area (Å²) < 4.78 is 58.6. The third kappa shape index (κ3) is 7.05. The topological polar surface area (TPSA) is 123 Å². The highest BCUT2D eigenvalue weighted by Gasteiger charge is 2.49. The molecule has 10 nitrogen and oxygen atoms in total. The largest absolute Gasteiger partial charge is 0.511 e. The minimum Gasteiger partial charge on any atom is -0.474 e. The first-order chi connectivity index (χ1) is 14.9. The quantitative estimate of drug-likeness (QED) is 0.220. The number of carbonyl (C=O) groups excluding carboxylic acids is 2. The molecule has 0 bridgehead atoms. The van der Waals surface area contributed by atoms with E-state index in [1.54, 1.807) is 0 Å². The van der Waals surface area contributed by atoms with Crippen molar-refractivity contribution >= 4 is 41.4 Å². The molecule has 1 aliphatic heterocycles. The number of carbonyl (C=O) groups is 2. The van der Waals surface area contributed by atoms with Gasteiger partial charge in [0.05, 0.1) is 17.2 Å². The van der Waals surface area contributed by atoms with Crippen LogP contribution < -0.4 is 4.74 Å². The van der Waals surface area contributed by atoms with Crippen molar-refractivity contribution in [2.45, 2.75) is 31.7 Å². The van der Waals surface area contributed by atoms with Crippen LogP contribution in [0.2, 0.25) is 10.0 Å². The third-order valence-electron chi connectivity index (χ3n) is 3.78. The molecule has 1 aromatic rings. The van der Waals surface area contributed by atoms with Gasteiger partial charge < -0.3 is 23.8 Å². The molecule has 1 aliphatic rings. The van der Waals surface area contributed by atoms with Gasteiger partial charge >= 0.3 is 18.3 Å². The van der Waals surface area contributed by atoms with Crippen molar-refractivity contribution in [3.63, 3.8) is 0 Å². The molecule has 0 aliphatic carbocycles. The van der Waals surface area contributed by atoms with Crippen molar-refractivity contribution < 1.29 is 51.6 Å². The van der Waals surface area contributed by atoms with Gasteiger partial charge in [0, 0.05) is 17.0 Å². The number of ether oxygens (including phenoxy) is 4. The second-order valence-electron chi connectivity index (χ2n) is 6.17. The van der Waals surface area contributed by atoms with Gasteiger partial charge in [0.1, 0.15) is 11.9 Å². The van der Waals surface area contributed by atoms with E-state index in [1.165, 1.54) is 19.1 Å². The lowest BCUT2D eigenvalue weighted by atomic mass is 10.0. The van der Waals surface area contributed by atoms with Gasteiger partial charge in [-0.1, -0.05) is 23.2 Å². The first-order valence-corrected chi connectivity index (χ1v) is 9.36. The predicted octanol–water partition coefficient (Wildman–Crippen LogP) is 4.34. The van der Waals surface area contributed by atoms with E-state index in [9.17, 15) is 32.9 Å². The maximum Gasteiger partial charge on any atom is 0.511 e. The number of rotatable bonds is 8. The zero-order valence-corrected chi connectivity index (χ0v) is 17.5. The minimum absolute atomic E-state index is 0.0151. The molecule has 15 heteroatoms. The van der Waals surface area contributed by atoms with E-state index >= 15 is 0 Å². The first kappa shape index (κ1) is 25.3. The summed E-state index contributed by atoms with van der Waals surface area (Å²) >= 11 is 11.7. The highest BCUT2D eigenvalue weighted by molar-refractivity contribution is 6.36. The lowest BCUT2D eigenvalue weighted by Gasteiger charge is -2.28. The second-order valence-corrected chi connectivity index (χ2v) is 7.01. The summed E-state index contributed by atoms with van der Waals surface area (Å²) in [6.07, 6.45) is -9.05. The summed E-state index contributed by atoms with van der Waals surface area (Å²) in [5.41, 5.74) is -0.910. The second kappa shape index (κ2) is 10.6. The van der Waals surface area contributed by atoms with Gasteiger partial charge in [0.25, 0.3) is 5.09 Å². The van der Waals surface area contributed by atoms with Crippen LogP contribution in [0.25, 0.3) is 6.08 Å². The molecular formula is C17H14Cl2F3NO9. The average Bonchev–Trinajstić information content (AvgIpc) is 2.65. The summed E-state index contributed by atoms with van der Waals surface area (Å²) in [5, 5.41) is 9.03. The Kier molecular flexibility index (Phi) is 8.38. The Labute approximate surface area is 187 Å². The van der Waals surface area contributed by atoms with Gasteiger partial charge in [-0.2, -0.15) is 13.2 Å². The maximum atomic E-state index is 13.4. The van der Waals surface area contributed by atoms with Crippen LogP contribution in [0.4, 0.5) is 18.0 Å². The van der Waals surface area contributed by atoms with E-state index in [0.717, 1.165) is 6.08 Å². The van der Waals surface area contributed by atoms with Crippen molar-refractivity contribution in [1.82, 2.24) is 0 Å². The SMILES string of the molecule is CC(CCOC(=O)OCOC(=O)C1=Cc2cc(Cl)cc(Cl)c2O[C@@H]1C(F)(F)F)O[N+](=O)[O-]. The molecule has 0 saturated carbocycles. The average molecular weight is 504 g/mol. The fraction of sp³-hybridized carbons (Fsp3) is 0.412. The summed E-state index contributed by atoms with van der Waals surface area (Å²) in [7, 11) is 0. The smallest absolute Gasteiger partial charge is 0.474 e. The zero-order valence-electron chi connectivity index (χ0n) is 16.0. The molecular weight excluding hydrogens is 490 g/mol. The van der Waals surface area contributed by atoms with Crippen LogP contribution in [0, 0.1) is 10.1 Å². The van der Waals surface area contributed by atoms with Crippen LogP contribution >= 0.6 is 23.2 Å². The molecule has 1 aromatic carbocycles. The van der Waals surface area contributed by atoms with Crippen molar-refractivity contribution in [1.29, 1.82) is 0 Å². The van der Waals surface area contributed by atoms with Crippen LogP contribution in [0.5, 0.6) is 5.75 Å². The zero-order chi connectivity index (χ0) is 24.1. The number of nitrogens with zero attached hydrogens (tertiary/aromatic N) is 1. The fourth-order valence-electron chi connectivity index (χ4n) is 2.41. The van der Waals surface area contributed by atoms with Gasteiger partial charge in [0.15, 0.2) is 0 Å². The summed E-state index contributed by atoms with van der Waals surface area (Å²) in [4.78, 5) is 37.9. The summed E-state index contributed by atoms with van der Waals surface area (Å²) in [6, 6.07) is 2.41. The number of hydrogen-bond acceptors (Lipinski definition) is 9. The molecule has 176 valence electrons.